The summed E-state index contributed by atoms with van der Waals surface area (Å²) in [7, 11) is -3.62. The van der Waals surface area contributed by atoms with Gasteiger partial charge in [0.05, 0.1) is 18.1 Å². The summed E-state index contributed by atoms with van der Waals surface area (Å²) in [6, 6.07) is 6.17. The van der Waals surface area contributed by atoms with E-state index in [4.69, 9.17) is 4.74 Å². The molecule has 2 aliphatic heterocycles. The molecule has 0 bridgehead atoms. The Morgan fingerprint density at radius 1 is 1.25 bits per heavy atom. The highest BCUT2D eigenvalue weighted by molar-refractivity contribution is 7.90. The highest BCUT2D eigenvalue weighted by Crippen LogP contribution is 2.23. The SMILES string of the molecule is CC(C)[C@H](N=C1NS(=O)(=O)c2ccccc21)C(=O)NCC(C)N1CCOCC1. The van der Waals surface area contributed by atoms with Gasteiger partial charge in [-0.2, -0.15) is 0 Å². The molecule has 2 atom stereocenters. The number of amides is 1. The number of nitrogens with one attached hydrogen (secondary N) is 2. The molecule has 28 heavy (non-hydrogen) atoms. The Hall–Kier alpha value is -1.97. The molecule has 1 saturated heterocycles. The van der Waals surface area contributed by atoms with Crippen LogP contribution in [-0.2, 0) is 19.6 Å². The van der Waals surface area contributed by atoms with Gasteiger partial charge in [0.1, 0.15) is 11.9 Å². The maximum Gasteiger partial charge on any atom is 0.263 e. The van der Waals surface area contributed by atoms with Crippen LogP contribution in [0.15, 0.2) is 34.2 Å². The van der Waals surface area contributed by atoms with Crippen molar-refractivity contribution < 1.29 is 17.9 Å². The van der Waals surface area contributed by atoms with Crippen molar-refractivity contribution in [3.8, 4) is 0 Å². The average Bonchev–Trinajstić information content (AvgIpc) is 2.95. The molecule has 9 heteroatoms. The molecule has 0 radical (unpaired) electrons. The third-order valence-electron chi connectivity index (χ3n) is 5.07. The molecule has 8 nitrogen and oxygen atoms in total. The molecular weight excluding hydrogens is 380 g/mol. The molecule has 1 aromatic carbocycles. The molecule has 2 N–H and O–H groups in total. The fourth-order valence-corrected chi connectivity index (χ4v) is 4.62. The molecule has 0 spiro atoms. The number of benzene rings is 1. The smallest absolute Gasteiger partial charge is 0.263 e. The van der Waals surface area contributed by atoms with Gasteiger partial charge >= 0.3 is 0 Å². The van der Waals surface area contributed by atoms with E-state index in [1.807, 2.05) is 13.8 Å². The van der Waals surface area contributed by atoms with Crippen LogP contribution in [0, 0.1) is 5.92 Å². The highest BCUT2D eigenvalue weighted by Gasteiger charge is 2.32. The standard InChI is InChI=1S/C19H28N4O4S/c1-13(2)17(19(24)20-12-14(3)23-8-10-27-11-9-23)21-18-15-6-4-5-7-16(15)28(25,26)22-18/h4-7,13-14,17H,8-12H2,1-3H3,(H,20,24)(H,21,22)/t14?,17-/m0/s1. The zero-order valence-corrected chi connectivity index (χ0v) is 17.3. The third-order valence-corrected chi connectivity index (χ3v) is 6.47. The molecule has 1 amide bonds. The Kier molecular flexibility index (Phi) is 6.36. The molecule has 1 aromatic rings. The van der Waals surface area contributed by atoms with Crippen molar-refractivity contribution in [3.63, 3.8) is 0 Å². The second-order valence-corrected chi connectivity index (χ2v) is 9.16. The first kappa shape index (κ1) is 20.8. The Labute approximate surface area is 166 Å². The van der Waals surface area contributed by atoms with Gasteiger partial charge in [0, 0.05) is 31.2 Å². The number of hydrogen-bond donors (Lipinski definition) is 2. The average molecular weight is 409 g/mol. The van der Waals surface area contributed by atoms with Gasteiger partial charge in [-0.15, -0.1) is 0 Å². The quantitative estimate of drug-likeness (QED) is 0.718. The maximum absolute atomic E-state index is 12.8. The summed E-state index contributed by atoms with van der Waals surface area (Å²) in [6.45, 7) is 9.50. The number of carbonyl (C=O) groups excluding carboxylic acids is 1. The van der Waals surface area contributed by atoms with Crippen molar-refractivity contribution in [1.29, 1.82) is 0 Å². The second-order valence-electron chi connectivity index (χ2n) is 7.51. The van der Waals surface area contributed by atoms with Crippen LogP contribution in [-0.4, -0.2) is 70.0 Å². The van der Waals surface area contributed by atoms with E-state index in [2.05, 4.69) is 26.9 Å². The molecule has 1 fully saturated rings. The van der Waals surface area contributed by atoms with E-state index in [9.17, 15) is 13.2 Å². The minimum absolute atomic E-state index is 0.0801. The van der Waals surface area contributed by atoms with E-state index in [1.165, 1.54) is 6.07 Å². The van der Waals surface area contributed by atoms with Crippen molar-refractivity contribution in [1.82, 2.24) is 14.9 Å². The van der Waals surface area contributed by atoms with E-state index in [1.54, 1.807) is 18.2 Å². The molecule has 1 unspecified atom stereocenters. The Balaban J connectivity index is 1.71. The molecular formula is C19H28N4O4S. The van der Waals surface area contributed by atoms with E-state index < -0.39 is 16.1 Å². The second kappa shape index (κ2) is 8.59. The van der Waals surface area contributed by atoms with Gasteiger partial charge in [0.15, 0.2) is 0 Å². The van der Waals surface area contributed by atoms with Crippen molar-refractivity contribution in [2.75, 3.05) is 32.8 Å². The van der Waals surface area contributed by atoms with Gasteiger partial charge in [-0.3, -0.25) is 19.4 Å². The summed E-state index contributed by atoms with van der Waals surface area (Å²) in [5.41, 5.74) is 0.502. The van der Waals surface area contributed by atoms with Gasteiger partial charge in [-0.05, 0) is 25.0 Å². The predicted molar refractivity (Wildman–Crippen MR) is 107 cm³/mol. The van der Waals surface area contributed by atoms with Gasteiger partial charge in [-0.1, -0.05) is 26.0 Å². The molecule has 3 rings (SSSR count). The third kappa shape index (κ3) is 4.53. The van der Waals surface area contributed by atoms with Crippen molar-refractivity contribution in [3.05, 3.63) is 29.8 Å². The summed E-state index contributed by atoms with van der Waals surface area (Å²) in [5, 5.41) is 2.97. The first-order valence-electron chi connectivity index (χ1n) is 9.59. The van der Waals surface area contributed by atoms with Crippen LogP contribution in [0.1, 0.15) is 26.3 Å². The number of rotatable bonds is 6. The van der Waals surface area contributed by atoms with Crippen LogP contribution in [0.25, 0.3) is 0 Å². The van der Waals surface area contributed by atoms with Crippen LogP contribution in [0.3, 0.4) is 0 Å². The lowest BCUT2D eigenvalue weighted by molar-refractivity contribution is -0.123. The Morgan fingerprint density at radius 2 is 1.93 bits per heavy atom. The fourth-order valence-electron chi connectivity index (χ4n) is 3.38. The number of hydrogen-bond acceptors (Lipinski definition) is 6. The normalized spacial score (nSPS) is 22.5. The molecule has 0 saturated carbocycles. The lowest BCUT2D eigenvalue weighted by atomic mass is 10.0. The van der Waals surface area contributed by atoms with Gasteiger partial charge in [-0.25, -0.2) is 8.42 Å². The lowest BCUT2D eigenvalue weighted by Gasteiger charge is -2.32. The topological polar surface area (TPSA) is 100 Å². The number of nitrogens with zero attached hydrogens (tertiary/aromatic N) is 2. The largest absolute Gasteiger partial charge is 0.379 e. The van der Waals surface area contributed by atoms with Crippen molar-refractivity contribution in [2.24, 2.45) is 10.9 Å². The van der Waals surface area contributed by atoms with E-state index in [0.29, 0.717) is 25.3 Å². The summed E-state index contributed by atoms with van der Waals surface area (Å²) in [4.78, 5) is 19.7. The zero-order valence-electron chi connectivity index (χ0n) is 16.5. The number of ether oxygens (including phenoxy) is 1. The highest BCUT2D eigenvalue weighted by atomic mass is 32.2. The minimum Gasteiger partial charge on any atom is -0.379 e. The van der Waals surface area contributed by atoms with E-state index in [-0.39, 0.29) is 28.6 Å². The minimum atomic E-state index is -3.62. The number of carbonyl (C=O) groups is 1. The van der Waals surface area contributed by atoms with Crippen molar-refractivity contribution in [2.45, 2.75) is 37.8 Å². The van der Waals surface area contributed by atoms with Gasteiger partial charge in [0.2, 0.25) is 5.91 Å². The van der Waals surface area contributed by atoms with Crippen LogP contribution < -0.4 is 10.0 Å². The zero-order chi connectivity index (χ0) is 20.3. The van der Waals surface area contributed by atoms with Crippen LogP contribution in [0.4, 0.5) is 0 Å². The van der Waals surface area contributed by atoms with E-state index in [0.717, 1.165) is 13.1 Å². The summed E-state index contributed by atoms with van der Waals surface area (Å²) in [6.07, 6.45) is 0. The Morgan fingerprint density at radius 3 is 2.61 bits per heavy atom. The number of sulfonamides is 1. The molecule has 0 aromatic heterocycles. The predicted octanol–water partition coefficient (Wildman–Crippen LogP) is 0.587. The van der Waals surface area contributed by atoms with E-state index >= 15 is 0 Å². The van der Waals surface area contributed by atoms with Gasteiger partial charge in [0.25, 0.3) is 10.0 Å². The number of aliphatic imine (C=N–C) groups is 1. The van der Waals surface area contributed by atoms with Gasteiger partial charge < -0.3 is 10.1 Å². The number of morpholine rings is 1. The van der Waals surface area contributed by atoms with Crippen LogP contribution in [0.5, 0.6) is 0 Å². The monoisotopic (exact) mass is 408 g/mol. The molecule has 2 heterocycles. The van der Waals surface area contributed by atoms with Crippen LogP contribution in [0.2, 0.25) is 0 Å². The molecule has 154 valence electrons. The number of amidine groups is 1. The van der Waals surface area contributed by atoms with Crippen molar-refractivity contribution >= 4 is 21.8 Å². The molecule has 2 aliphatic rings. The lowest BCUT2D eigenvalue weighted by Crippen LogP contribution is -2.49. The summed E-state index contributed by atoms with van der Waals surface area (Å²) >= 11 is 0. The maximum atomic E-state index is 12.8. The fraction of sp³-hybridized carbons (Fsp3) is 0.579. The Bertz CT molecular complexity index is 847. The number of fused-ring (bicyclic) bond motifs is 1. The first-order valence-corrected chi connectivity index (χ1v) is 11.1. The first-order chi connectivity index (χ1) is 13.3. The molecule has 0 aliphatic carbocycles. The summed E-state index contributed by atoms with van der Waals surface area (Å²) in [5.74, 6) is -0.0553. The van der Waals surface area contributed by atoms with Crippen LogP contribution >= 0.6 is 0 Å². The summed E-state index contributed by atoms with van der Waals surface area (Å²) < 4.78 is 32.4.